The van der Waals surface area contributed by atoms with Gasteiger partial charge in [-0.3, -0.25) is 14.4 Å². The molecular formula is C20H40N6O5. The van der Waals surface area contributed by atoms with E-state index in [0.29, 0.717) is 45.2 Å². The fourth-order valence-electron chi connectivity index (χ4n) is 2.91. The molecule has 11 nitrogen and oxygen atoms in total. The molecule has 0 aromatic heterocycles. The molecule has 11 heteroatoms. The van der Waals surface area contributed by atoms with Gasteiger partial charge in [-0.05, 0) is 57.5 Å². The molecule has 0 spiro atoms. The number of carboxylic acid groups (broad SMARTS) is 1. The van der Waals surface area contributed by atoms with E-state index in [1.54, 1.807) is 0 Å². The Kier molecular flexibility index (Phi) is 15.3. The summed E-state index contributed by atoms with van der Waals surface area (Å²) < 4.78 is 0. The standard InChI is InChI=1S/C20H40N6O5/c1-13(2)11-16(26-18(28)14(23)7-3-5-9-21)19(29)24-12-17(27)25-15(20(30)31)8-4-6-10-22/h13-16H,3-12,21-23H2,1-2H3,(H,24,29)(H,25,27)(H,26,28)(H,30,31). The second kappa shape index (κ2) is 16.5. The first-order valence-electron chi connectivity index (χ1n) is 10.9. The number of nitrogens with one attached hydrogen (secondary N) is 3. The summed E-state index contributed by atoms with van der Waals surface area (Å²) in [6.07, 6.45) is 3.77. The minimum Gasteiger partial charge on any atom is -0.480 e. The molecule has 0 rings (SSSR count). The van der Waals surface area contributed by atoms with Crippen LogP contribution in [-0.2, 0) is 19.2 Å². The van der Waals surface area contributed by atoms with Gasteiger partial charge in [0.15, 0.2) is 0 Å². The Morgan fingerprint density at radius 2 is 1.42 bits per heavy atom. The van der Waals surface area contributed by atoms with Gasteiger partial charge in [-0.2, -0.15) is 0 Å². The maximum Gasteiger partial charge on any atom is 0.326 e. The van der Waals surface area contributed by atoms with E-state index in [1.807, 2.05) is 13.8 Å². The predicted molar refractivity (Wildman–Crippen MR) is 118 cm³/mol. The Morgan fingerprint density at radius 1 is 0.839 bits per heavy atom. The molecule has 0 saturated heterocycles. The lowest BCUT2D eigenvalue weighted by atomic mass is 10.0. The SMILES string of the molecule is CC(C)CC(NC(=O)C(N)CCCCN)C(=O)NCC(=O)NC(CCCCN)C(=O)O. The topological polar surface area (TPSA) is 203 Å². The molecule has 3 unspecified atom stereocenters. The van der Waals surface area contributed by atoms with E-state index < -0.39 is 48.4 Å². The maximum absolute atomic E-state index is 12.5. The van der Waals surface area contributed by atoms with Crippen LogP contribution in [0.5, 0.6) is 0 Å². The minimum absolute atomic E-state index is 0.109. The zero-order chi connectivity index (χ0) is 23.8. The van der Waals surface area contributed by atoms with Gasteiger partial charge in [0, 0.05) is 0 Å². The van der Waals surface area contributed by atoms with Gasteiger partial charge in [0.1, 0.15) is 12.1 Å². The number of carbonyl (C=O) groups excluding carboxylic acids is 3. The molecule has 0 saturated carbocycles. The Morgan fingerprint density at radius 3 is 1.94 bits per heavy atom. The maximum atomic E-state index is 12.5. The third-order valence-corrected chi connectivity index (χ3v) is 4.65. The summed E-state index contributed by atoms with van der Waals surface area (Å²) in [5.41, 5.74) is 16.7. The summed E-state index contributed by atoms with van der Waals surface area (Å²) in [7, 11) is 0. The first-order chi connectivity index (χ1) is 14.6. The van der Waals surface area contributed by atoms with Crippen LogP contribution in [0.25, 0.3) is 0 Å². The van der Waals surface area contributed by atoms with Crippen LogP contribution in [-0.4, -0.2) is 66.6 Å². The molecule has 10 N–H and O–H groups in total. The summed E-state index contributed by atoms with van der Waals surface area (Å²) in [6.45, 7) is 4.37. The highest BCUT2D eigenvalue weighted by molar-refractivity contribution is 5.92. The number of hydrogen-bond donors (Lipinski definition) is 7. The molecule has 0 bridgehead atoms. The number of rotatable bonds is 17. The largest absolute Gasteiger partial charge is 0.480 e. The van der Waals surface area contributed by atoms with Crippen LogP contribution in [0.3, 0.4) is 0 Å². The molecule has 3 amide bonds. The number of carbonyl (C=O) groups is 4. The van der Waals surface area contributed by atoms with E-state index in [4.69, 9.17) is 17.2 Å². The second-order valence-electron chi connectivity index (χ2n) is 8.04. The molecule has 0 heterocycles. The number of unbranched alkanes of at least 4 members (excludes halogenated alkanes) is 2. The average molecular weight is 445 g/mol. The van der Waals surface area contributed by atoms with Gasteiger partial charge < -0.3 is 38.3 Å². The fraction of sp³-hybridized carbons (Fsp3) is 0.800. The van der Waals surface area contributed by atoms with Gasteiger partial charge in [-0.25, -0.2) is 4.79 Å². The monoisotopic (exact) mass is 444 g/mol. The lowest BCUT2D eigenvalue weighted by molar-refractivity contribution is -0.142. The van der Waals surface area contributed by atoms with Crippen molar-refractivity contribution in [1.29, 1.82) is 0 Å². The summed E-state index contributed by atoms with van der Waals surface area (Å²) in [5, 5.41) is 16.7. The van der Waals surface area contributed by atoms with Gasteiger partial charge in [0.25, 0.3) is 0 Å². The zero-order valence-corrected chi connectivity index (χ0v) is 18.7. The molecule has 3 atom stereocenters. The predicted octanol–water partition coefficient (Wildman–Crippen LogP) is -1.21. The first-order valence-corrected chi connectivity index (χ1v) is 10.9. The van der Waals surface area contributed by atoms with Crippen LogP contribution in [0, 0.1) is 5.92 Å². The Balaban J connectivity index is 4.73. The number of amides is 3. The van der Waals surface area contributed by atoms with Crippen molar-refractivity contribution in [2.75, 3.05) is 19.6 Å². The van der Waals surface area contributed by atoms with Crippen molar-refractivity contribution in [3.8, 4) is 0 Å². The third kappa shape index (κ3) is 13.6. The van der Waals surface area contributed by atoms with Gasteiger partial charge in [-0.15, -0.1) is 0 Å². The lowest BCUT2D eigenvalue weighted by Crippen LogP contribution is -2.53. The summed E-state index contributed by atoms with van der Waals surface area (Å²) in [4.78, 5) is 48.2. The number of aliphatic carboxylic acids is 1. The highest BCUT2D eigenvalue weighted by atomic mass is 16.4. The Hall–Kier alpha value is -2.24. The van der Waals surface area contributed by atoms with Gasteiger partial charge in [0.2, 0.25) is 17.7 Å². The van der Waals surface area contributed by atoms with Gasteiger partial charge >= 0.3 is 5.97 Å². The summed E-state index contributed by atoms with van der Waals surface area (Å²) in [6, 6.07) is -2.64. The van der Waals surface area contributed by atoms with E-state index >= 15 is 0 Å². The van der Waals surface area contributed by atoms with E-state index in [2.05, 4.69) is 16.0 Å². The van der Waals surface area contributed by atoms with E-state index in [0.717, 1.165) is 6.42 Å². The molecule has 180 valence electrons. The summed E-state index contributed by atoms with van der Waals surface area (Å²) in [5.74, 6) is -2.63. The van der Waals surface area contributed by atoms with Crippen molar-refractivity contribution < 1.29 is 24.3 Å². The van der Waals surface area contributed by atoms with Crippen molar-refractivity contribution in [2.45, 2.75) is 76.9 Å². The molecule has 0 aliphatic rings. The molecule has 0 fully saturated rings. The molecular weight excluding hydrogens is 404 g/mol. The van der Waals surface area contributed by atoms with Crippen LogP contribution in [0.4, 0.5) is 0 Å². The Labute approximate surface area is 184 Å². The van der Waals surface area contributed by atoms with Crippen LogP contribution < -0.4 is 33.2 Å². The first kappa shape index (κ1) is 28.8. The molecule has 0 aliphatic carbocycles. The van der Waals surface area contributed by atoms with E-state index in [9.17, 15) is 24.3 Å². The summed E-state index contributed by atoms with van der Waals surface area (Å²) >= 11 is 0. The highest BCUT2D eigenvalue weighted by Gasteiger charge is 2.25. The molecule has 0 radical (unpaired) electrons. The van der Waals surface area contributed by atoms with Crippen LogP contribution in [0.1, 0.15) is 58.8 Å². The molecule has 31 heavy (non-hydrogen) atoms. The number of hydrogen-bond acceptors (Lipinski definition) is 7. The van der Waals surface area contributed by atoms with Crippen molar-refractivity contribution in [1.82, 2.24) is 16.0 Å². The van der Waals surface area contributed by atoms with Crippen LogP contribution in [0.15, 0.2) is 0 Å². The zero-order valence-electron chi connectivity index (χ0n) is 18.7. The lowest BCUT2D eigenvalue weighted by Gasteiger charge is -2.22. The van der Waals surface area contributed by atoms with Crippen molar-refractivity contribution in [3.05, 3.63) is 0 Å². The number of carboxylic acids is 1. The quantitative estimate of drug-likeness (QED) is 0.135. The number of nitrogens with two attached hydrogens (primary N) is 3. The molecule has 0 aromatic rings. The highest BCUT2D eigenvalue weighted by Crippen LogP contribution is 2.07. The van der Waals surface area contributed by atoms with Crippen molar-refractivity contribution in [3.63, 3.8) is 0 Å². The van der Waals surface area contributed by atoms with E-state index in [1.165, 1.54) is 0 Å². The van der Waals surface area contributed by atoms with Crippen molar-refractivity contribution >= 4 is 23.7 Å². The van der Waals surface area contributed by atoms with Gasteiger partial charge in [-0.1, -0.05) is 20.3 Å². The van der Waals surface area contributed by atoms with E-state index in [-0.39, 0.29) is 12.3 Å². The third-order valence-electron chi connectivity index (χ3n) is 4.65. The minimum atomic E-state index is -1.15. The molecule has 0 aromatic carbocycles. The normalized spacial score (nSPS) is 13.9. The van der Waals surface area contributed by atoms with Crippen LogP contribution >= 0.6 is 0 Å². The van der Waals surface area contributed by atoms with Crippen LogP contribution in [0.2, 0.25) is 0 Å². The molecule has 0 aliphatic heterocycles. The average Bonchev–Trinajstić information content (AvgIpc) is 2.70. The second-order valence-corrected chi connectivity index (χ2v) is 8.04. The smallest absolute Gasteiger partial charge is 0.326 e. The van der Waals surface area contributed by atoms with Gasteiger partial charge in [0.05, 0.1) is 12.6 Å². The Bertz CT molecular complexity index is 572. The van der Waals surface area contributed by atoms with Crippen molar-refractivity contribution in [2.24, 2.45) is 23.1 Å². The fourth-order valence-corrected chi connectivity index (χ4v) is 2.91.